The van der Waals surface area contributed by atoms with E-state index in [1.165, 1.54) is 18.3 Å². The zero-order valence-electron chi connectivity index (χ0n) is 12.4. The predicted molar refractivity (Wildman–Crippen MR) is 85.2 cm³/mol. The molecule has 0 saturated carbocycles. The molecule has 0 N–H and O–H groups in total. The van der Waals surface area contributed by atoms with Gasteiger partial charge < -0.3 is 9.36 Å². The number of nitro groups is 1. The minimum Gasteiger partial charge on any atom is -0.386 e. The summed E-state index contributed by atoms with van der Waals surface area (Å²) in [5.74, 6) is 0.752. The minimum absolute atomic E-state index is 0.00522. The zero-order chi connectivity index (χ0) is 16.8. The lowest BCUT2D eigenvalue weighted by atomic mass is 10.2. The number of nitro benzene ring substituents is 1. The SMILES string of the molecule is O=[N+]([O-])c1cccc(/C=N/OCc2nc(-c3ccccc3)no2)c1. The standard InChI is InChI=1S/C16H12N4O4/c21-20(22)14-8-4-5-12(9-14)10-17-23-11-15-18-16(19-24-15)13-6-2-1-3-7-13/h1-10H,11H2/b17-10+. The largest absolute Gasteiger partial charge is 0.386 e. The Kier molecular flexibility index (Phi) is 4.57. The molecule has 1 aromatic heterocycles. The molecule has 8 heteroatoms. The van der Waals surface area contributed by atoms with Crippen LogP contribution in [0.15, 0.2) is 64.3 Å². The summed E-state index contributed by atoms with van der Waals surface area (Å²) in [7, 11) is 0. The van der Waals surface area contributed by atoms with Crippen molar-refractivity contribution < 1.29 is 14.3 Å². The highest BCUT2D eigenvalue weighted by Gasteiger charge is 2.08. The first-order valence-corrected chi connectivity index (χ1v) is 7.00. The fourth-order valence-corrected chi connectivity index (χ4v) is 1.93. The van der Waals surface area contributed by atoms with Crippen molar-refractivity contribution in [2.45, 2.75) is 6.61 Å². The molecular weight excluding hydrogens is 312 g/mol. The van der Waals surface area contributed by atoms with Crippen molar-refractivity contribution in [3.63, 3.8) is 0 Å². The maximum atomic E-state index is 10.7. The van der Waals surface area contributed by atoms with E-state index >= 15 is 0 Å². The van der Waals surface area contributed by atoms with Crippen LogP contribution in [0.4, 0.5) is 5.69 Å². The van der Waals surface area contributed by atoms with Crippen molar-refractivity contribution in [3.05, 3.63) is 76.2 Å². The lowest BCUT2D eigenvalue weighted by Gasteiger charge is -1.95. The third-order valence-electron chi connectivity index (χ3n) is 3.05. The normalized spacial score (nSPS) is 10.8. The minimum atomic E-state index is -0.470. The average molecular weight is 324 g/mol. The predicted octanol–water partition coefficient (Wildman–Crippen LogP) is 3.20. The molecule has 1 heterocycles. The molecule has 24 heavy (non-hydrogen) atoms. The fourth-order valence-electron chi connectivity index (χ4n) is 1.93. The molecule has 3 aromatic rings. The van der Waals surface area contributed by atoms with Gasteiger partial charge in [-0.25, -0.2) is 0 Å². The van der Waals surface area contributed by atoms with E-state index in [-0.39, 0.29) is 18.2 Å². The second-order valence-corrected chi connectivity index (χ2v) is 4.74. The molecule has 0 bridgehead atoms. The number of oxime groups is 1. The van der Waals surface area contributed by atoms with Gasteiger partial charge in [0, 0.05) is 23.3 Å². The summed E-state index contributed by atoms with van der Waals surface area (Å²) in [5, 5.41) is 18.3. The summed E-state index contributed by atoms with van der Waals surface area (Å²) < 4.78 is 5.07. The van der Waals surface area contributed by atoms with Crippen LogP contribution in [0.25, 0.3) is 11.4 Å². The van der Waals surface area contributed by atoms with E-state index in [9.17, 15) is 10.1 Å². The second kappa shape index (κ2) is 7.14. The summed E-state index contributed by atoms with van der Waals surface area (Å²) >= 11 is 0. The lowest BCUT2D eigenvalue weighted by Crippen LogP contribution is -1.91. The van der Waals surface area contributed by atoms with Gasteiger partial charge >= 0.3 is 0 Å². The van der Waals surface area contributed by atoms with Crippen molar-refractivity contribution >= 4 is 11.9 Å². The van der Waals surface area contributed by atoms with Crippen LogP contribution in [0, 0.1) is 10.1 Å². The number of nitrogens with zero attached hydrogens (tertiary/aromatic N) is 4. The Bertz CT molecular complexity index is 861. The maximum absolute atomic E-state index is 10.7. The van der Waals surface area contributed by atoms with E-state index in [2.05, 4.69) is 15.3 Å². The van der Waals surface area contributed by atoms with Crippen LogP contribution in [-0.4, -0.2) is 21.3 Å². The van der Waals surface area contributed by atoms with Gasteiger partial charge in [0.1, 0.15) is 0 Å². The van der Waals surface area contributed by atoms with Crippen LogP contribution in [0.3, 0.4) is 0 Å². The average Bonchev–Trinajstić information content (AvgIpc) is 3.09. The van der Waals surface area contributed by atoms with Crippen LogP contribution < -0.4 is 0 Å². The third kappa shape index (κ3) is 3.80. The fraction of sp³-hybridized carbons (Fsp3) is 0.0625. The Labute approximate surface area is 136 Å². The molecule has 0 spiro atoms. The molecule has 3 rings (SSSR count). The number of hydrogen-bond donors (Lipinski definition) is 0. The van der Waals surface area contributed by atoms with Gasteiger partial charge in [0.2, 0.25) is 5.82 Å². The van der Waals surface area contributed by atoms with Crippen molar-refractivity contribution in [3.8, 4) is 11.4 Å². The van der Waals surface area contributed by atoms with Crippen LogP contribution in [0.2, 0.25) is 0 Å². The molecular formula is C16H12N4O4. The maximum Gasteiger partial charge on any atom is 0.270 e. The van der Waals surface area contributed by atoms with E-state index in [1.807, 2.05) is 30.3 Å². The van der Waals surface area contributed by atoms with Crippen molar-refractivity contribution in [1.82, 2.24) is 10.1 Å². The van der Waals surface area contributed by atoms with Crippen molar-refractivity contribution in [2.75, 3.05) is 0 Å². The Balaban J connectivity index is 1.58. The van der Waals surface area contributed by atoms with Gasteiger partial charge in [0.05, 0.1) is 11.1 Å². The molecule has 0 unspecified atom stereocenters. The molecule has 0 saturated heterocycles. The van der Waals surface area contributed by atoms with Gasteiger partial charge in [-0.05, 0) is 0 Å². The van der Waals surface area contributed by atoms with Gasteiger partial charge in [-0.3, -0.25) is 10.1 Å². The van der Waals surface area contributed by atoms with Crippen molar-refractivity contribution in [1.29, 1.82) is 0 Å². The smallest absolute Gasteiger partial charge is 0.270 e. The van der Waals surface area contributed by atoms with Gasteiger partial charge in [0.15, 0.2) is 6.61 Å². The molecule has 0 amide bonds. The van der Waals surface area contributed by atoms with Gasteiger partial charge in [-0.2, -0.15) is 4.98 Å². The second-order valence-electron chi connectivity index (χ2n) is 4.74. The molecule has 0 aliphatic carbocycles. The first kappa shape index (κ1) is 15.3. The van der Waals surface area contributed by atoms with Gasteiger partial charge in [-0.1, -0.05) is 52.8 Å². The molecule has 0 radical (unpaired) electrons. The van der Waals surface area contributed by atoms with E-state index in [1.54, 1.807) is 12.1 Å². The number of hydrogen-bond acceptors (Lipinski definition) is 7. The Morgan fingerprint density at radius 3 is 2.83 bits per heavy atom. The number of non-ortho nitro benzene ring substituents is 1. The van der Waals surface area contributed by atoms with Crippen LogP contribution in [0.1, 0.15) is 11.5 Å². The van der Waals surface area contributed by atoms with Crippen LogP contribution in [0.5, 0.6) is 0 Å². The van der Waals surface area contributed by atoms with Crippen LogP contribution in [-0.2, 0) is 11.4 Å². The number of benzene rings is 2. The number of rotatable bonds is 6. The highest BCUT2D eigenvalue weighted by atomic mass is 16.6. The summed E-state index contributed by atoms with van der Waals surface area (Å²) in [4.78, 5) is 19.5. The highest BCUT2D eigenvalue weighted by molar-refractivity contribution is 5.80. The zero-order valence-corrected chi connectivity index (χ0v) is 12.4. The molecule has 0 aliphatic rings. The summed E-state index contributed by atoms with van der Waals surface area (Å²) in [6, 6.07) is 15.5. The van der Waals surface area contributed by atoms with E-state index in [0.717, 1.165) is 5.56 Å². The molecule has 0 fully saturated rings. The first-order valence-electron chi connectivity index (χ1n) is 7.00. The summed E-state index contributed by atoms with van der Waals surface area (Å²) in [6.45, 7) is 0.00522. The molecule has 120 valence electrons. The Morgan fingerprint density at radius 1 is 1.21 bits per heavy atom. The third-order valence-corrected chi connectivity index (χ3v) is 3.05. The molecule has 8 nitrogen and oxygen atoms in total. The topological polar surface area (TPSA) is 104 Å². The summed E-state index contributed by atoms with van der Waals surface area (Å²) in [5.41, 5.74) is 1.38. The molecule has 2 aromatic carbocycles. The molecule has 0 aliphatic heterocycles. The van der Waals surface area contributed by atoms with Crippen LogP contribution >= 0.6 is 0 Å². The first-order chi connectivity index (χ1) is 11.7. The van der Waals surface area contributed by atoms with E-state index in [4.69, 9.17) is 9.36 Å². The summed E-state index contributed by atoms with van der Waals surface area (Å²) in [6.07, 6.45) is 1.38. The van der Waals surface area contributed by atoms with E-state index < -0.39 is 4.92 Å². The highest BCUT2D eigenvalue weighted by Crippen LogP contribution is 2.15. The number of aromatic nitrogens is 2. The Hall–Kier alpha value is -3.55. The van der Waals surface area contributed by atoms with Crippen molar-refractivity contribution in [2.24, 2.45) is 5.16 Å². The quantitative estimate of drug-likeness (QED) is 0.392. The molecule has 0 atom stereocenters. The van der Waals surface area contributed by atoms with E-state index in [0.29, 0.717) is 11.4 Å². The Morgan fingerprint density at radius 2 is 2.04 bits per heavy atom. The van der Waals surface area contributed by atoms with Gasteiger partial charge in [0.25, 0.3) is 11.6 Å². The monoisotopic (exact) mass is 324 g/mol. The van der Waals surface area contributed by atoms with Gasteiger partial charge in [-0.15, -0.1) is 0 Å². The lowest BCUT2D eigenvalue weighted by molar-refractivity contribution is -0.384.